The van der Waals surface area contributed by atoms with Gasteiger partial charge in [0.25, 0.3) is 0 Å². The monoisotopic (exact) mass is 292 g/mol. The summed E-state index contributed by atoms with van der Waals surface area (Å²) in [6.45, 7) is 4.03. The van der Waals surface area contributed by atoms with Crippen molar-refractivity contribution in [3.05, 3.63) is 29.8 Å². The Kier molecular flexibility index (Phi) is 4.85. The Morgan fingerprint density at radius 2 is 2.14 bits per heavy atom. The Hall–Kier alpha value is -1.59. The van der Waals surface area contributed by atoms with Gasteiger partial charge < -0.3 is 20.9 Å². The molecule has 5 heteroatoms. The maximum absolute atomic E-state index is 11.8. The van der Waals surface area contributed by atoms with Gasteiger partial charge >= 0.3 is 0 Å². The maximum Gasteiger partial charge on any atom is 0.237 e. The van der Waals surface area contributed by atoms with E-state index in [-0.39, 0.29) is 24.7 Å². The van der Waals surface area contributed by atoms with Crippen molar-refractivity contribution in [3.63, 3.8) is 0 Å². The fourth-order valence-corrected chi connectivity index (χ4v) is 2.95. The molecule has 1 aliphatic carbocycles. The molecule has 1 saturated carbocycles. The summed E-state index contributed by atoms with van der Waals surface area (Å²) in [4.78, 5) is 11.8. The van der Waals surface area contributed by atoms with Crippen LogP contribution in [0.1, 0.15) is 38.7 Å². The van der Waals surface area contributed by atoms with E-state index in [9.17, 15) is 4.79 Å². The van der Waals surface area contributed by atoms with Crippen LogP contribution < -0.4 is 15.8 Å². The van der Waals surface area contributed by atoms with E-state index in [1.165, 1.54) is 0 Å². The summed E-state index contributed by atoms with van der Waals surface area (Å²) in [5.74, 6) is 0.444. The minimum absolute atomic E-state index is 0.0206. The molecule has 1 aromatic carbocycles. The zero-order valence-electron chi connectivity index (χ0n) is 12.6. The number of carbonyl (C=O) groups is 1. The van der Waals surface area contributed by atoms with Crippen molar-refractivity contribution >= 4 is 5.91 Å². The average molecular weight is 292 g/mol. The molecule has 0 aliphatic heterocycles. The van der Waals surface area contributed by atoms with Gasteiger partial charge in [0.1, 0.15) is 17.4 Å². The number of nitrogens with two attached hydrogens (primary N) is 1. The molecule has 0 saturated heterocycles. The van der Waals surface area contributed by atoms with Crippen molar-refractivity contribution in [2.45, 2.75) is 57.4 Å². The standard InChI is InChI=1S/C16H24N2O3/c1-11(2)18-16(15(17)20)8-7-14(9-16)21-13-5-3-12(10-19)4-6-13/h3-6,11,14,18-19H,7-10H2,1-2H3,(H2,17,20). The molecule has 0 spiro atoms. The van der Waals surface area contributed by atoms with Crippen molar-refractivity contribution < 1.29 is 14.6 Å². The van der Waals surface area contributed by atoms with Crippen LogP contribution in [0.15, 0.2) is 24.3 Å². The first-order chi connectivity index (χ1) is 9.95. The number of carbonyl (C=O) groups excluding carboxylic acids is 1. The van der Waals surface area contributed by atoms with Crippen molar-refractivity contribution in [2.24, 2.45) is 5.73 Å². The van der Waals surface area contributed by atoms with Crippen LogP contribution in [0.3, 0.4) is 0 Å². The third kappa shape index (κ3) is 3.74. The van der Waals surface area contributed by atoms with E-state index in [1.54, 1.807) is 0 Å². The molecule has 0 radical (unpaired) electrons. The highest BCUT2D eigenvalue weighted by atomic mass is 16.5. The maximum atomic E-state index is 11.8. The Morgan fingerprint density at radius 1 is 1.48 bits per heavy atom. The normalized spacial score (nSPS) is 25.2. The molecular formula is C16H24N2O3. The Morgan fingerprint density at radius 3 is 2.67 bits per heavy atom. The van der Waals surface area contributed by atoms with E-state index in [1.807, 2.05) is 38.1 Å². The fourth-order valence-electron chi connectivity index (χ4n) is 2.95. The Bertz CT molecular complexity index is 487. The first kappa shape index (κ1) is 15.8. The predicted octanol–water partition coefficient (Wildman–Crippen LogP) is 1.33. The number of aliphatic hydroxyl groups excluding tert-OH is 1. The van der Waals surface area contributed by atoms with Crippen LogP contribution in [0.5, 0.6) is 5.75 Å². The zero-order chi connectivity index (χ0) is 15.5. The van der Waals surface area contributed by atoms with Gasteiger partial charge in [0.05, 0.1) is 6.61 Å². The summed E-state index contributed by atoms with van der Waals surface area (Å²) in [5.41, 5.74) is 5.78. The van der Waals surface area contributed by atoms with Crippen molar-refractivity contribution in [1.29, 1.82) is 0 Å². The van der Waals surface area contributed by atoms with Crippen molar-refractivity contribution in [1.82, 2.24) is 5.32 Å². The predicted molar refractivity (Wildman–Crippen MR) is 80.8 cm³/mol. The molecule has 0 heterocycles. The lowest BCUT2D eigenvalue weighted by Gasteiger charge is -2.29. The quantitative estimate of drug-likeness (QED) is 0.738. The van der Waals surface area contributed by atoms with Gasteiger partial charge in [-0.25, -0.2) is 0 Å². The SMILES string of the molecule is CC(C)NC1(C(N)=O)CCC(Oc2ccc(CO)cc2)C1. The summed E-state index contributed by atoms with van der Waals surface area (Å²) in [6, 6.07) is 7.54. The first-order valence-electron chi connectivity index (χ1n) is 7.39. The lowest BCUT2D eigenvalue weighted by atomic mass is 9.95. The van der Waals surface area contributed by atoms with Crippen molar-refractivity contribution in [3.8, 4) is 5.75 Å². The molecule has 5 nitrogen and oxygen atoms in total. The number of nitrogens with one attached hydrogen (secondary N) is 1. The highest BCUT2D eigenvalue weighted by Crippen LogP contribution is 2.33. The minimum Gasteiger partial charge on any atom is -0.490 e. The van der Waals surface area contributed by atoms with Crippen LogP contribution >= 0.6 is 0 Å². The first-order valence-corrected chi connectivity index (χ1v) is 7.39. The van der Waals surface area contributed by atoms with Crippen LogP contribution in [0.4, 0.5) is 0 Å². The summed E-state index contributed by atoms with van der Waals surface area (Å²) >= 11 is 0. The van der Waals surface area contributed by atoms with Crippen LogP contribution in [0.2, 0.25) is 0 Å². The van der Waals surface area contributed by atoms with Crippen LogP contribution in [0.25, 0.3) is 0 Å². The molecule has 0 bridgehead atoms. The zero-order valence-corrected chi connectivity index (χ0v) is 12.6. The largest absolute Gasteiger partial charge is 0.490 e. The third-order valence-corrected chi connectivity index (χ3v) is 3.91. The second kappa shape index (κ2) is 6.45. The van der Waals surface area contributed by atoms with E-state index in [0.717, 1.165) is 17.7 Å². The number of primary amides is 1. The smallest absolute Gasteiger partial charge is 0.237 e. The van der Waals surface area contributed by atoms with Gasteiger partial charge in [-0.15, -0.1) is 0 Å². The third-order valence-electron chi connectivity index (χ3n) is 3.91. The van der Waals surface area contributed by atoms with Gasteiger partial charge in [-0.05, 0) is 44.4 Å². The number of ether oxygens (including phenoxy) is 1. The second-order valence-corrected chi connectivity index (χ2v) is 6.03. The van der Waals surface area contributed by atoms with E-state index in [4.69, 9.17) is 15.6 Å². The molecule has 1 aromatic rings. The van der Waals surface area contributed by atoms with Crippen molar-refractivity contribution in [2.75, 3.05) is 0 Å². The Labute approximate surface area is 125 Å². The molecule has 4 N–H and O–H groups in total. The van der Waals surface area contributed by atoms with E-state index in [2.05, 4.69) is 5.32 Å². The topological polar surface area (TPSA) is 84.6 Å². The summed E-state index contributed by atoms with van der Waals surface area (Å²) < 4.78 is 5.93. The fraction of sp³-hybridized carbons (Fsp3) is 0.562. The number of rotatable bonds is 6. The highest BCUT2D eigenvalue weighted by Gasteiger charge is 2.45. The highest BCUT2D eigenvalue weighted by molar-refractivity contribution is 5.85. The number of hydrogen-bond acceptors (Lipinski definition) is 4. The van der Waals surface area contributed by atoms with Gasteiger partial charge in [0.2, 0.25) is 5.91 Å². The van der Waals surface area contributed by atoms with Crippen LogP contribution in [-0.2, 0) is 11.4 Å². The number of amides is 1. The molecule has 0 aromatic heterocycles. The number of benzene rings is 1. The number of aliphatic hydroxyl groups is 1. The molecule has 2 unspecified atom stereocenters. The molecule has 116 valence electrons. The molecule has 21 heavy (non-hydrogen) atoms. The second-order valence-electron chi connectivity index (χ2n) is 6.03. The lowest BCUT2D eigenvalue weighted by molar-refractivity contribution is -0.124. The van der Waals surface area contributed by atoms with E-state index < -0.39 is 5.54 Å². The molecule has 2 atom stereocenters. The van der Waals surface area contributed by atoms with Crippen LogP contribution in [-0.4, -0.2) is 28.7 Å². The number of hydrogen-bond donors (Lipinski definition) is 3. The lowest BCUT2D eigenvalue weighted by Crippen LogP contribution is -2.56. The van der Waals surface area contributed by atoms with Gasteiger partial charge in [0.15, 0.2) is 0 Å². The van der Waals surface area contributed by atoms with E-state index >= 15 is 0 Å². The van der Waals surface area contributed by atoms with Crippen LogP contribution in [0, 0.1) is 0 Å². The van der Waals surface area contributed by atoms with E-state index in [0.29, 0.717) is 12.8 Å². The summed E-state index contributed by atoms with van der Waals surface area (Å²) in [5, 5.41) is 12.3. The minimum atomic E-state index is -0.663. The van der Waals surface area contributed by atoms with Gasteiger partial charge in [-0.2, -0.15) is 0 Å². The average Bonchev–Trinajstić information content (AvgIpc) is 2.83. The molecule has 2 rings (SSSR count). The van der Waals surface area contributed by atoms with Gasteiger partial charge in [0, 0.05) is 12.5 Å². The van der Waals surface area contributed by atoms with Gasteiger partial charge in [-0.3, -0.25) is 4.79 Å². The Balaban J connectivity index is 2.01. The molecule has 1 amide bonds. The molecule has 1 aliphatic rings. The molecular weight excluding hydrogens is 268 g/mol. The molecule has 1 fully saturated rings. The summed E-state index contributed by atoms with van der Waals surface area (Å²) in [6.07, 6.45) is 2.05. The summed E-state index contributed by atoms with van der Waals surface area (Å²) in [7, 11) is 0. The van der Waals surface area contributed by atoms with Gasteiger partial charge in [-0.1, -0.05) is 12.1 Å².